The summed E-state index contributed by atoms with van der Waals surface area (Å²) in [5, 5.41) is 0. The quantitative estimate of drug-likeness (QED) is 0.212. The molecule has 0 aliphatic heterocycles. The van der Waals surface area contributed by atoms with E-state index in [9.17, 15) is 19.2 Å². The molecule has 0 aliphatic carbocycles. The van der Waals surface area contributed by atoms with Crippen molar-refractivity contribution in [3.8, 4) is 0 Å². The van der Waals surface area contributed by atoms with E-state index in [0.717, 1.165) is 25.7 Å². The third kappa shape index (κ3) is 27.4. The van der Waals surface area contributed by atoms with Crippen molar-refractivity contribution >= 4 is 23.6 Å². The molecule has 0 unspecified atom stereocenters. The summed E-state index contributed by atoms with van der Waals surface area (Å²) in [6, 6.07) is 0. The Balaban J connectivity index is -0.000000192. The van der Waals surface area contributed by atoms with Gasteiger partial charge in [-0.2, -0.15) is 0 Å². The Kier molecular flexibility index (Phi) is 32.4. The fraction of sp³-hybridized carbons (Fsp3) is 0.750. The van der Waals surface area contributed by atoms with Crippen LogP contribution in [-0.2, 0) is 58.5 Å². The Labute approximate surface area is 185 Å². The molecule has 4 N–H and O–H groups in total. The summed E-state index contributed by atoms with van der Waals surface area (Å²) in [5.74, 6) is 0.164. The SMILES string of the molecule is CCCC(=O)[NH][Ti+][NH]C(=O)CCC.CCCC(=O)[NH][Ti+][NH]C(=O)CCC.[F-].[F-]. The summed E-state index contributed by atoms with van der Waals surface area (Å²) in [5.41, 5.74) is 0. The summed E-state index contributed by atoms with van der Waals surface area (Å²) < 4.78 is 10.9. The van der Waals surface area contributed by atoms with Gasteiger partial charge in [-0.3, -0.25) is 0 Å². The Hall–Kier alpha value is -0.831. The van der Waals surface area contributed by atoms with Crippen LogP contribution < -0.4 is 24.6 Å². The third-order valence-corrected chi connectivity index (χ3v) is 5.24. The van der Waals surface area contributed by atoms with Gasteiger partial charge in [0.2, 0.25) is 0 Å². The molecule has 0 heterocycles. The van der Waals surface area contributed by atoms with Gasteiger partial charge in [0.05, 0.1) is 0 Å². The van der Waals surface area contributed by atoms with Gasteiger partial charge in [-0.15, -0.1) is 0 Å². The monoisotopic (exact) mass is 478 g/mol. The topological polar surface area (TPSA) is 116 Å². The van der Waals surface area contributed by atoms with Gasteiger partial charge in [-0.1, -0.05) is 0 Å². The summed E-state index contributed by atoms with van der Waals surface area (Å²) in [4.78, 5) is 43.8. The van der Waals surface area contributed by atoms with E-state index >= 15 is 0 Å². The number of hydrogen-bond acceptors (Lipinski definition) is 4. The molecule has 0 bridgehead atoms. The van der Waals surface area contributed by atoms with Gasteiger partial charge >= 0.3 is 176 Å². The summed E-state index contributed by atoms with van der Waals surface area (Å²) in [6.45, 7) is 7.81. The molecule has 162 valence electrons. The first-order valence-corrected chi connectivity index (χ1v) is 12.2. The molecule has 0 rings (SSSR count). The molecular formula is C16H32F2N4O4Ti2. The van der Waals surface area contributed by atoms with Gasteiger partial charge < -0.3 is 9.41 Å². The Bertz CT molecular complexity index is 359. The molecule has 0 saturated carbocycles. The number of amides is 4. The minimum absolute atomic E-state index is 0. The van der Waals surface area contributed by atoms with Gasteiger partial charge in [-0.05, 0) is 0 Å². The normalized spacial score (nSPS) is 8.14. The fourth-order valence-corrected chi connectivity index (χ4v) is 3.35. The van der Waals surface area contributed by atoms with Gasteiger partial charge in [0.25, 0.3) is 0 Å². The maximum absolute atomic E-state index is 11.0. The van der Waals surface area contributed by atoms with E-state index in [1.54, 1.807) is 0 Å². The minimum Gasteiger partial charge on any atom is -1.00 e. The Morgan fingerprint density at radius 1 is 0.500 bits per heavy atom. The Morgan fingerprint density at radius 2 is 0.679 bits per heavy atom. The largest absolute Gasteiger partial charge is 1.00 e. The molecule has 12 heteroatoms. The fourth-order valence-electron chi connectivity index (χ4n) is 1.50. The molecule has 0 aliphatic rings. The average molecular weight is 478 g/mol. The van der Waals surface area contributed by atoms with Crippen molar-refractivity contribution in [1.82, 2.24) is 15.2 Å². The zero-order chi connectivity index (χ0) is 20.2. The van der Waals surface area contributed by atoms with Crippen molar-refractivity contribution in [3.05, 3.63) is 0 Å². The van der Waals surface area contributed by atoms with Gasteiger partial charge in [0.1, 0.15) is 0 Å². The molecule has 4 amide bonds. The number of carbonyl (C=O) groups is 4. The zero-order valence-corrected chi connectivity index (χ0v) is 20.2. The second kappa shape index (κ2) is 26.2. The van der Waals surface area contributed by atoms with Gasteiger partial charge in [0.15, 0.2) is 0 Å². The molecule has 0 aromatic carbocycles. The van der Waals surface area contributed by atoms with Crippen molar-refractivity contribution < 1.29 is 67.9 Å². The van der Waals surface area contributed by atoms with Crippen LogP contribution in [0.5, 0.6) is 0 Å². The van der Waals surface area contributed by atoms with Crippen LogP contribution in [-0.4, -0.2) is 23.6 Å². The van der Waals surface area contributed by atoms with Crippen molar-refractivity contribution in [2.75, 3.05) is 0 Å². The predicted molar refractivity (Wildman–Crippen MR) is 92.2 cm³/mol. The molecule has 0 aromatic rings. The molecular weight excluding hydrogens is 446 g/mol. The number of carbonyl (C=O) groups excluding carboxylic acids is 4. The predicted octanol–water partition coefficient (Wildman–Crippen LogP) is -4.53. The van der Waals surface area contributed by atoms with Crippen LogP contribution in [0, 0.1) is 0 Å². The van der Waals surface area contributed by atoms with Crippen LogP contribution in [0.1, 0.15) is 79.1 Å². The standard InChI is InChI=1S/4C4H9NO.2FH.2Ti/c4*1-2-3-4(5)6;;;;/h4*2-3H2,1H3,(H2,5,6);2*1H;;/q;;;;;;2*+3/p-6. The van der Waals surface area contributed by atoms with E-state index in [1.807, 2.05) is 27.7 Å². The van der Waals surface area contributed by atoms with Crippen molar-refractivity contribution in [1.29, 1.82) is 0 Å². The van der Waals surface area contributed by atoms with Crippen molar-refractivity contribution in [3.63, 3.8) is 0 Å². The van der Waals surface area contributed by atoms with Crippen LogP contribution in [0.25, 0.3) is 0 Å². The second-order valence-corrected chi connectivity index (χ2v) is 7.79. The second-order valence-electron chi connectivity index (χ2n) is 5.44. The van der Waals surface area contributed by atoms with E-state index in [1.165, 1.54) is 0 Å². The van der Waals surface area contributed by atoms with E-state index < -0.39 is 39.3 Å². The Morgan fingerprint density at radius 3 is 0.821 bits per heavy atom. The number of halogens is 2. The summed E-state index contributed by atoms with van der Waals surface area (Å²) >= 11 is -1.61. The van der Waals surface area contributed by atoms with Crippen LogP contribution in [0.4, 0.5) is 0 Å². The van der Waals surface area contributed by atoms with Crippen molar-refractivity contribution in [2.24, 2.45) is 0 Å². The van der Waals surface area contributed by atoms with E-state index in [-0.39, 0.29) is 33.0 Å². The minimum atomic E-state index is -0.806. The maximum Gasteiger partial charge on any atom is -1.00 e. The van der Waals surface area contributed by atoms with E-state index in [2.05, 4.69) is 15.2 Å². The van der Waals surface area contributed by atoms with Gasteiger partial charge in [0, 0.05) is 0 Å². The third-order valence-electron chi connectivity index (χ3n) is 2.72. The number of hydrogen-bond donors (Lipinski definition) is 4. The van der Waals surface area contributed by atoms with Crippen molar-refractivity contribution in [2.45, 2.75) is 79.1 Å². The first-order valence-electron chi connectivity index (χ1n) is 9.06. The van der Waals surface area contributed by atoms with Crippen LogP contribution in [0.2, 0.25) is 0 Å². The average Bonchev–Trinajstić information content (AvgIpc) is 2.56. The van der Waals surface area contributed by atoms with E-state index in [0.29, 0.717) is 25.7 Å². The summed E-state index contributed by atoms with van der Waals surface area (Å²) in [7, 11) is 0. The number of rotatable bonds is 12. The zero-order valence-electron chi connectivity index (χ0n) is 17.0. The number of nitrogens with one attached hydrogen (secondary N) is 4. The van der Waals surface area contributed by atoms with Crippen LogP contribution >= 0.6 is 0 Å². The molecule has 0 radical (unpaired) electrons. The molecule has 0 saturated heterocycles. The molecule has 0 aromatic heterocycles. The smallest absolute Gasteiger partial charge is 1.00 e. The van der Waals surface area contributed by atoms with Crippen LogP contribution in [0.3, 0.4) is 0 Å². The molecule has 0 spiro atoms. The van der Waals surface area contributed by atoms with Gasteiger partial charge in [-0.25, -0.2) is 0 Å². The molecule has 8 nitrogen and oxygen atoms in total. The molecule has 28 heavy (non-hydrogen) atoms. The first-order chi connectivity index (χ1) is 12.4. The van der Waals surface area contributed by atoms with E-state index in [4.69, 9.17) is 0 Å². The van der Waals surface area contributed by atoms with Crippen LogP contribution in [0.15, 0.2) is 0 Å². The molecule has 0 atom stereocenters. The molecule has 0 fully saturated rings. The maximum atomic E-state index is 11.0. The summed E-state index contributed by atoms with van der Waals surface area (Å²) in [6.07, 6.45) is 5.59. The first kappa shape index (κ1) is 34.7.